The van der Waals surface area contributed by atoms with Crippen molar-refractivity contribution in [3.05, 3.63) is 40.7 Å². The summed E-state index contributed by atoms with van der Waals surface area (Å²) >= 11 is 0. The summed E-state index contributed by atoms with van der Waals surface area (Å²) in [6.07, 6.45) is 10.6. The SMILES string of the molecule is CCCCCNc1nc(CC)c(-c2ccc3c(c2)CCCC3)nc1CC. The molecule has 140 valence electrons. The first-order valence-electron chi connectivity index (χ1n) is 10.5. The largest absolute Gasteiger partial charge is 0.369 e. The summed E-state index contributed by atoms with van der Waals surface area (Å²) in [5.41, 5.74) is 7.55. The Morgan fingerprint density at radius 3 is 2.38 bits per heavy atom. The van der Waals surface area contributed by atoms with Gasteiger partial charge in [-0.3, -0.25) is 0 Å². The van der Waals surface area contributed by atoms with E-state index >= 15 is 0 Å². The van der Waals surface area contributed by atoms with E-state index in [2.05, 4.69) is 44.3 Å². The second-order valence-electron chi connectivity index (χ2n) is 7.35. The molecule has 3 heteroatoms. The molecule has 2 aromatic rings. The van der Waals surface area contributed by atoms with Crippen molar-refractivity contribution >= 4 is 5.82 Å². The molecule has 0 atom stereocenters. The second-order valence-corrected chi connectivity index (χ2v) is 7.35. The molecule has 3 nitrogen and oxygen atoms in total. The lowest BCUT2D eigenvalue weighted by molar-refractivity contribution is 0.686. The van der Waals surface area contributed by atoms with Crippen LogP contribution >= 0.6 is 0 Å². The highest BCUT2D eigenvalue weighted by atomic mass is 15.0. The Kier molecular flexibility index (Phi) is 6.65. The Morgan fingerprint density at radius 2 is 1.65 bits per heavy atom. The summed E-state index contributed by atoms with van der Waals surface area (Å²) < 4.78 is 0. The highest BCUT2D eigenvalue weighted by Crippen LogP contribution is 2.29. The molecule has 0 unspecified atom stereocenters. The molecule has 0 radical (unpaired) electrons. The third kappa shape index (κ3) is 4.25. The molecule has 1 aromatic heterocycles. The summed E-state index contributed by atoms with van der Waals surface area (Å²) in [6.45, 7) is 7.57. The molecule has 0 saturated carbocycles. The molecule has 0 aliphatic heterocycles. The zero-order valence-electron chi connectivity index (χ0n) is 16.7. The van der Waals surface area contributed by atoms with Gasteiger partial charge in [-0.25, -0.2) is 9.97 Å². The Bertz CT molecular complexity index is 736. The first-order chi connectivity index (χ1) is 12.8. The highest BCUT2D eigenvalue weighted by molar-refractivity contribution is 5.65. The number of anilines is 1. The van der Waals surface area contributed by atoms with Gasteiger partial charge in [-0.2, -0.15) is 0 Å². The van der Waals surface area contributed by atoms with Gasteiger partial charge in [0.2, 0.25) is 0 Å². The zero-order valence-corrected chi connectivity index (χ0v) is 16.7. The van der Waals surface area contributed by atoms with Crippen LogP contribution in [0, 0.1) is 0 Å². The van der Waals surface area contributed by atoms with Gasteiger partial charge in [0.1, 0.15) is 5.82 Å². The lowest BCUT2D eigenvalue weighted by Gasteiger charge is -2.18. The van der Waals surface area contributed by atoms with Gasteiger partial charge in [0.05, 0.1) is 17.1 Å². The third-order valence-corrected chi connectivity index (χ3v) is 5.40. The van der Waals surface area contributed by atoms with Crippen LogP contribution in [0.25, 0.3) is 11.3 Å². The number of nitrogens with zero attached hydrogens (tertiary/aromatic N) is 2. The van der Waals surface area contributed by atoms with Gasteiger partial charge in [0, 0.05) is 12.1 Å². The summed E-state index contributed by atoms with van der Waals surface area (Å²) in [5.74, 6) is 0.988. The van der Waals surface area contributed by atoms with E-state index in [1.165, 1.54) is 61.6 Å². The minimum absolute atomic E-state index is 0.908. The van der Waals surface area contributed by atoms with Gasteiger partial charge >= 0.3 is 0 Å². The molecule has 1 aromatic carbocycles. The van der Waals surface area contributed by atoms with E-state index in [1.54, 1.807) is 0 Å². The van der Waals surface area contributed by atoms with E-state index in [1.807, 2.05) is 0 Å². The van der Waals surface area contributed by atoms with Crippen molar-refractivity contribution in [2.45, 2.75) is 78.6 Å². The van der Waals surface area contributed by atoms with Crippen molar-refractivity contribution in [3.8, 4) is 11.3 Å². The number of aromatic nitrogens is 2. The summed E-state index contributed by atoms with van der Waals surface area (Å²) in [6, 6.07) is 6.93. The van der Waals surface area contributed by atoms with Crippen LogP contribution in [-0.4, -0.2) is 16.5 Å². The summed E-state index contributed by atoms with van der Waals surface area (Å²) in [7, 11) is 0. The first kappa shape index (κ1) is 18.9. The fourth-order valence-electron chi connectivity index (χ4n) is 3.83. The number of unbranched alkanes of at least 4 members (excludes halogenated alkanes) is 2. The monoisotopic (exact) mass is 351 g/mol. The maximum atomic E-state index is 5.06. The lowest BCUT2D eigenvalue weighted by atomic mass is 9.89. The standard InChI is InChI=1S/C23H33N3/c1-4-7-10-15-24-23-21(6-3)25-22(20(5-2)26-23)19-14-13-17-11-8-9-12-18(17)16-19/h13-14,16H,4-12,15H2,1-3H3,(H,24,26). The summed E-state index contributed by atoms with van der Waals surface area (Å²) in [5, 5.41) is 3.53. The van der Waals surface area contributed by atoms with Crippen LogP contribution < -0.4 is 5.32 Å². The van der Waals surface area contributed by atoms with Crippen molar-refractivity contribution < 1.29 is 0 Å². The number of rotatable bonds is 8. The van der Waals surface area contributed by atoms with Crippen molar-refractivity contribution in [1.82, 2.24) is 9.97 Å². The van der Waals surface area contributed by atoms with Crippen molar-refractivity contribution in [2.24, 2.45) is 0 Å². The quantitative estimate of drug-likeness (QED) is 0.615. The normalized spacial score (nSPS) is 13.5. The number of fused-ring (bicyclic) bond motifs is 1. The molecule has 0 spiro atoms. The van der Waals surface area contributed by atoms with Gasteiger partial charge in [0.15, 0.2) is 0 Å². The fourth-order valence-corrected chi connectivity index (χ4v) is 3.83. The molecule has 0 amide bonds. The van der Waals surface area contributed by atoms with E-state index in [0.29, 0.717) is 0 Å². The molecular formula is C23H33N3. The van der Waals surface area contributed by atoms with Crippen LogP contribution in [0.3, 0.4) is 0 Å². The van der Waals surface area contributed by atoms with E-state index in [-0.39, 0.29) is 0 Å². The lowest BCUT2D eigenvalue weighted by Crippen LogP contribution is -2.11. The van der Waals surface area contributed by atoms with E-state index < -0.39 is 0 Å². The first-order valence-corrected chi connectivity index (χ1v) is 10.5. The van der Waals surface area contributed by atoms with Gasteiger partial charge in [-0.05, 0) is 62.1 Å². The number of nitrogens with one attached hydrogen (secondary N) is 1. The number of aryl methyl sites for hydroxylation is 4. The maximum absolute atomic E-state index is 5.06. The van der Waals surface area contributed by atoms with Crippen LogP contribution in [0.2, 0.25) is 0 Å². The Hall–Kier alpha value is -1.90. The molecule has 3 rings (SSSR count). The molecule has 1 heterocycles. The Morgan fingerprint density at radius 1 is 0.885 bits per heavy atom. The minimum atomic E-state index is 0.908. The number of hydrogen-bond donors (Lipinski definition) is 1. The maximum Gasteiger partial charge on any atom is 0.148 e. The number of hydrogen-bond acceptors (Lipinski definition) is 3. The summed E-state index contributed by atoms with van der Waals surface area (Å²) in [4.78, 5) is 10.0. The van der Waals surface area contributed by atoms with E-state index in [9.17, 15) is 0 Å². The van der Waals surface area contributed by atoms with Crippen LogP contribution in [0.15, 0.2) is 18.2 Å². The van der Waals surface area contributed by atoms with Crippen LogP contribution in [0.1, 0.15) is 75.4 Å². The van der Waals surface area contributed by atoms with Gasteiger partial charge in [-0.15, -0.1) is 0 Å². The van der Waals surface area contributed by atoms with E-state index in [4.69, 9.17) is 9.97 Å². The van der Waals surface area contributed by atoms with Crippen LogP contribution in [0.4, 0.5) is 5.82 Å². The zero-order chi connectivity index (χ0) is 18.4. The third-order valence-electron chi connectivity index (χ3n) is 5.40. The molecule has 0 fully saturated rings. The highest BCUT2D eigenvalue weighted by Gasteiger charge is 2.16. The van der Waals surface area contributed by atoms with Gasteiger partial charge < -0.3 is 5.32 Å². The molecule has 0 bridgehead atoms. The van der Waals surface area contributed by atoms with E-state index in [0.717, 1.165) is 42.3 Å². The smallest absolute Gasteiger partial charge is 0.148 e. The fraction of sp³-hybridized carbons (Fsp3) is 0.565. The average Bonchev–Trinajstić information content (AvgIpc) is 2.70. The number of benzene rings is 1. The Balaban J connectivity index is 1.91. The molecular weight excluding hydrogens is 318 g/mol. The molecule has 1 N–H and O–H groups in total. The molecule has 1 aliphatic carbocycles. The second kappa shape index (κ2) is 9.16. The van der Waals surface area contributed by atoms with Gasteiger partial charge in [-0.1, -0.05) is 45.7 Å². The molecule has 26 heavy (non-hydrogen) atoms. The van der Waals surface area contributed by atoms with Crippen molar-refractivity contribution in [1.29, 1.82) is 0 Å². The Labute approximate surface area is 158 Å². The average molecular weight is 352 g/mol. The molecule has 0 saturated heterocycles. The van der Waals surface area contributed by atoms with Crippen LogP contribution in [-0.2, 0) is 25.7 Å². The van der Waals surface area contributed by atoms with Crippen molar-refractivity contribution in [2.75, 3.05) is 11.9 Å². The predicted octanol–water partition coefficient (Wildman–Crippen LogP) is 5.75. The topological polar surface area (TPSA) is 37.8 Å². The predicted molar refractivity (Wildman–Crippen MR) is 111 cm³/mol. The van der Waals surface area contributed by atoms with Gasteiger partial charge in [0.25, 0.3) is 0 Å². The molecule has 1 aliphatic rings. The minimum Gasteiger partial charge on any atom is -0.369 e. The van der Waals surface area contributed by atoms with Crippen LogP contribution in [0.5, 0.6) is 0 Å². The van der Waals surface area contributed by atoms with Crippen molar-refractivity contribution in [3.63, 3.8) is 0 Å².